The van der Waals surface area contributed by atoms with E-state index in [1.165, 1.54) is 0 Å². The summed E-state index contributed by atoms with van der Waals surface area (Å²) in [6, 6.07) is -0.743. The number of carbonyl (C=O) groups excluding carboxylic acids is 1. The van der Waals surface area contributed by atoms with Gasteiger partial charge in [0.15, 0.2) is 0 Å². The third-order valence-corrected chi connectivity index (χ3v) is 2.89. The Morgan fingerprint density at radius 1 is 1.21 bits per heavy atom. The molecule has 0 aromatic carbocycles. The number of unbranched alkanes of at least 4 members (excludes halogenated alkanes) is 1. The number of carboxylic acids is 1. The highest BCUT2D eigenvalue weighted by atomic mass is 16.5. The molecule has 0 aromatic heterocycles. The minimum absolute atomic E-state index is 0.339. The lowest BCUT2D eigenvalue weighted by Crippen LogP contribution is -2.45. The second-order valence-corrected chi connectivity index (χ2v) is 4.64. The van der Waals surface area contributed by atoms with Gasteiger partial charge in [-0.05, 0) is 26.7 Å². The number of rotatable bonds is 10. The maximum atomic E-state index is 11.5. The highest BCUT2D eigenvalue weighted by Gasteiger charge is 2.20. The topological polar surface area (TPSA) is 87.7 Å². The molecule has 0 heterocycles. The zero-order valence-electron chi connectivity index (χ0n) is 12.1. The molecule has 0 aliphatic carbocycles. The van der Waals surface area contributed by atoms with Crippen molar-refractivity contribution in [1.29, 1.82) is 0 Å². The summed E-state index contributed by atoms with van der Waals surface area (Å²) >= 11 is 0. The zero-order chi connectivity index (χ0) is 14.7. The van der Waals surface area contributed by atoms with E-state index in [4.69, 9.17) is 9.84 Å². The number of amides is 2. The first-order chi connectivity index (χ1) is 8.99. The number of nitrogens with one attached hydrogen (secondary N) is 2. The van der Waals surface area contributed by atoms with Gasteiger partial charge in [0.25, 0.3) is 0 Å². The van der Waals surface area contributed by atoms with Crippen LogP contribution in [0.2, 0.25) is 0 Å². The monoisotopic (exact) mass is 274 g/mol. The van der Waals surface area contributed by atoms with Crippen LogP contribution in [0, 0.1) is 5.92 Å². The average Bonchev–Trinajstić information content (AvgIpc) is 2.36. The van der Waals surface area contributed by atoms with E-state index in [2.05, 4.69) is 17.6 Å². The van der Waals surface area contributed by atoms with Crippen LogP contribution in [-0.2, 0) is 9.53 Å². The molecular formula is C13H26N2O4. The number of hydrogen-bond acceptors (Lipinski definition) is 3. The Morgan fingerprint density at radius 2 is 1.84 bits per heavy atom. The van der Waals surface area contributed by atoms with E-state index in [1.54, 1.807) is 13.8 Å². The number of aliphatic carboxylic acids is 1. The van der Waals surface area contributed by atoms with Crippen molar-refractivity contribution in [2.24, 2.45) is 5.92 Å². The Morgan fingerprint density at radius 3 is 2.42 bits per heavy atom. The van der Waals surface area contributed by atoms with Crippen molar-refractivity contribution in [3.63, 3.8) is 0 Å². The molecule has 3 N–H and O–H groups in total. The van der Waals surface area contributed by atoms with Gasteiger partial charge in [0, 0.05) is 25.8 Å². The van der Waals surface area contributed by atoms with Crippen LogP contribution in [0.15, 0.2) is 0 Å². The van der Waals surface area contributed by atoms with Gasteiger partial charge >= 0.3 is 12.0 Å². The molecule has 6 nitrogen and oxygen atoms in total. The van der Waals surface area contributed by atoms with Gasteiger partial charge in [0.05, 0.1) is 5.92 Å². The number of carbonyl (C=O) groups is 2. The molecule has 0 aliphatic heterocycles. The summed E-state index contributed by atoms with van der Waals surface area (Å²) < 4.78 is 5.36. The van der Waals surface area contributed by atoms with Gasteiger partial charge in [-0.3, -0.25) is 4.79 Å². The van der Waals surface area contributed by atoms with Gasteiger partial charge in [-0.1, -0.05) is 13.3 Å². The van der Waals surface area contributed by atoms with Gasteiger partial charge < -0.3 is 20.5 Å². The number of ether oxygens (including phenoxy) is 1. The second kappa shape index (κ2) is 10.6. The Bertz CT molecular complexity index is 271. The van der Waals surface area contributed by atoms with Crippen LogP contribution in [0.1, 0.15) is 40.0 Å². The smallest absolute Gasteiger partial charge is 0.315 e. The van der Waals surface area contributed by atoms with Crippen LogP contribution in [0.4, 0.5) is 4.79 Å². The summed E-state index contributed by atoms with van der Waals surface area (Å²) in [7, 11) is 0. The summed E-state index contributed by atoms with van der Waals surface area (Å²) in [5.74, 6) is -1.53. The van der Waals surface area contributed by atoms with Crippen LogP contribution < -0.4 is 10.6 Å². The molecule has 0 bridgehead atoms. The molecule has 2 atom stereocenters. The van der Waals surface area contributed by atoms with Crippen LogP contribution in [0.25, 0.3) is 0 Å². The van der Waals surface area contributed by atoms with E-state index in [9.17, 15) is 9.59 Å². The third kappa shape index (κ3) is 9.30. The van der Waals surface area contributed by atoms with Crippen molar-refractivity contribution in [3.05, 3.63) is 0 Å². The summed E-state index contributed by atoms with van der Waals surface area (Å²) in [5, 5.41) is 14.1. The standard InChI is InChI=1S/C13H26N2O4/c1-4-5-8-19-9-6-7-14-13(18)15-11(3)10(2)12(16)17/h10-11H,4-9H2,1-3H3,(H,16,17)(H2,14,15,18). The Kier molecular flexibility index (Phi) is 9.88. The summed E-state index contributed by atoms with van der Waals surface area (Å²) in [4.78, 5) is 22.2. The van der Waals surface area contributed by atoms with Gasteiger partial charge in [-0.2, -0.15) is 0 Å². The van der Waals surface area contributed by atoms with Gasteiger partial charge in [0.1, 0.15) is 0 Å². The molecule has 0 saturated heterocycles. The Balaban J connectivity index is 3.56. The zero-order valence-corrected chi connectivity index (χ0v) is 12.1. The maximum Gasteiger partial charge on any atom is 0.315 e. The van der Waals surface area contributed by atoms with Crippen molar-refractivity contribution in [3.8, 4) is 0 Å². The molecule has 0 radical (unpaired) electrons. The van der Waals surface area contributed by atoms with Crippen LogP contribution in [0.5, 0.6) is 0 Å². The normalized spacial score (nSPS) is 13.6. The molecule has 0 rings (SSSR count). The molecule has 0 spiro atoms. The lowest BCUT2D eigenvalue weighted by molar-refractivity contribution is -0.141. The number of urea groups is 1. The maximum absolute atomic E-state index is 11.5. The summed E-state index contributed by atoms with van der Waals surface area (Å²) in [6.07, 6.45) is 2.92. The van der Waals surface area contributed by atoms with E-state index >= 15 is 0 Å². The fourth-order valence-electron chi connectivity index (χ4n) is 1.32. The third-order valence-electron chi connectivity index (χ3n) is 2.89. The summed E-state index contributed by atoms with van der Waals surface area (Å²) in [6.45, 7) is 7.25. The molecule has 0 aliphatic rings. The highest BCUT2D eigenvalue weighted by Crippen LogP contribution is 2.01. The lowest BCUT2D eigenvalue weighted by Gasteiger charge is -2.18. The number of carboxylic acid groups (broad SMARTS) is 1. The molecule has 19 heavy (non-hydrogen) atoms. The molecule has 2 unspecified atom stereocenters. The quantitative estimate of drug-likeness (QED) is 0.528. The fourth-order valence-corrected chi connectivity index (χ4v) is 1.32. The predicted molar refractivity (Wildman–Crippen MR) is 73.1 cm³/mol. The van der Waals surface area contributed by atoms with Gasteiger partial charge in [0.2, 0.25) is 0 Å². The van der Waals surface area contributed by atoms with Crippen LogP contribution in [0.3, 0.4) is 0 Å². The minimum atomic E-state index is -0.919. The van der Waals surface area contributed by atoms with Crippen molar-refractivity contribution in [1.82, 2.24) is 10.6 Å². The average molecular weight is 274 g/mol. The van der Waals surface area contributed by atoms with E-state index in [0.29, 0.717) is 13.2 Å². The van der Waals surface area contributed by atoms with Gasteiger partial charge in [-0.25, -0.2) is 4.79 Å². The first-order valence-electron chi connectivity index (χ1n) is 6.84. The molecule has 0 aromatic rings. The van der Waals surface area contributed by atoms with Crippen molar-refractivity contribution >= 4 is 12.0 Å². The van der Waals surface area contributed by atoms with Crippen molar-refractivity contribution < 1.29 is 19.4 Å². The highest BCUT2D eigenvalue weighted by molar-refractivity contribution is 5.76. The molecule has 0 fully saturated rings. The lowest BCUT2D eigenvalue weighted by atomic mass is 10.0. The second-order valence-electron chi connectivity index (χ2n) is 4.64. The van der Waals surface area contributed by atoms with Crippen LogP contribution in [-0.4, -0.2) is 42.9 Å². The molecule has 2 amide bonds. The molecule has 0 saturated carbocycles. The first-order valence-corrected chi connectivity index (χ1v) is 6.84. The SMILES string of the molecule is CCCCOCCCNC(=O)NC(C)C(C)C(=O)O. The van der Waals surface area contributed by atoms with E-state index in [1.807, 2.05) is 0 Å². The molecule has 112 valence electrons. The van der Waals surface area contributed by atoms with E-state index < -0.39 is 17.9 Å². The van der Waals surface area contributed by atoms with Crippen molar-refractivity contribution in [2.45, 2.75) is 46.1 Å². The first kappa shape index (κ1) is 17.7. The van der Waals surface area contributed by atoms with Crippen LogP contribution >= 0.6 is 0 Å². The van der Waals surface area contributed by atoms with Crippen molar-refractivity contribution in [2.75, 3.05) is 19.8 Å². The van der Waals surface area contributed by atoms with E-state index in [0.717, 1.165) is 25.9 Å². The predicted octanol–water partition coefficient (Wildman–Crippen LogP) is 1.60. The minimum Gasteiger partial charge on any atom is -0.481 e. The van der Waals surface area contributed by atoms with E-state index in [-0.39, 0.29) is 6.03 Å². The fraction of sp³-hybridized carbons (Fsp3) is 0.846. The Hall–Kier alpha value is -1.30. The Labute approximate surface area is 114 Å². The largest absolute Gasteiger partial charge is 0.481 e. The summed E-state index contributed by atoms with van der Waals surface area (Å²) in [5.41, 5.74) is 0. The molecular weight excluding hydrogens is 248 g/mol. The number of hydrogen-bond donors (Lipinski definition) is 3. The molecule has 6 heteroatoms. The van der Waals surface area contributed by atoms with Gasteiger partial charge in [-0.15, -0.1) is 0 Å².